The highest BCUT2D eigenvalue weighted by molar-refractivity contribution is 9.10. The topological polar surface area (TPSA) is 128 Å². The van der Waals surface area contributed by atoms with E-state index in [-0.39, 0.29) is 31.7 Å². The molecule has 0 saturated carbocycles. The van der Waals surface area contributed by atoms with Gasteiger partial charge in [-0.15, -0.1) is 11.3 Å². The molecule has 216 valence electrons. The Bertz CT molecular complexity index is 1270. The van der Waals surface area contributed by atoms with Crippen LogP contribution >= 0.6 is 27.3 Å². The minimum atomic E-state index is -0.787. The second-order valence-electron chi connectivity index (χ2n) is 9.72. The molecule has 2 aliphatic heterocycles. The van der Waals surface area contributed by atoms with Gasteiger partial charge in [-0.1, -0.05) is 35.8 Å². The number of morpholine rings is 1. The van der Waals surface area contributed by atoms with E-state index in [0.717, 1.165) is 0 Å². The summed E-state index contributed by atoms with van der Waals surface area (Å²) < 4.78 is 31.2. The smallest absolute Gasteiger partial charge is 0.338 e. The molecule has 1 aromatic carbocycles. The third-order valence-electron chi connectivity index (χ3n) is 6.63. The Kier molecular flexibility index (Phi) is 10.4. The molecule has 4 rings (SSSR count). The first kappa shape index (κ1) is 30.3. The standard InChI is InChI=1S/C27H33BrFN5O5S/c1-4-38-26(35)21-20(12-34-8-9-37-13-17(34)14-39-27(36)22(30)15(2)3)32-24(25-31-7-10-40-25)33-23(21)18-6-5-16(29)11-19(18)28/h5-7,10-11,15,17,22-23H,4,8-9,12-14,30H2,1-3H3,(H,32,33). The van der Waals surface area contributed by atoms with Gasteiger partial charge in [-0.05, 0) is 30.5 Å². The highest BCUT2D eigenvalue weighted by Gasteiger charge is 2.36. The first-order valence-electron chi connectivity index (χ1n) is 13.0. The molecule has 1 saturated heterocycles. The average molecular weight is 639 g/mol. The zero-order valence-corrected chi connectivity index (χ0v) is 25.0. The van der Waals surface area contributed by atoms with E-state index in [9.17, 15) is 14.0 Å². The van der Waals surface area contributed by atoms with E-state index in [2.05, 4.69) is 31.1 Å². The molecule has 3 atom stereocenters. The number of hydrogen-bond acceptors (Lipinski definition) is 11. The predicted octanol–water partition coefficient (Wildman–Crippen LogP) is 3.18. The molecule has 3 N–H and O–H groups in total. The maximum absolute atomic E-state index is 14.0. The number of aromatic nitrogens is 1. The summed E-state index contributed by atoms with van der Waals surface area (Å²) in [6.45, 7) is 7.34. The molecule has 3 unspecified atom stereocenters. The van der Waals surface area contributed by atoms with Gasteiger partial charge in [0.05, 0.1) is 31.4 Å². The second kappa shape index (κ2) is 13.8. The number of hydrogen-bond donors (Lipinski definition) is 2. The van der Waals surface area contributed by atoms with Crippen molar-refractivity contribution in [1.82, 2.24) is 15.2 Å². The molecule has 0 aliphatic carbocycles. The number of nitrogens with two attached hydrogens (primary N) is 1. The van der Waals surface area contributed by atoms with Crippen molar-refractivity contribution >= 4 is 45.0 Å². The van der Waals surface area contributed by atoms with Gasteiger partial charge < -0.3 is 25.3 Å². The van der Waals surface area contributed by atoms with Crippen molar-refractivity contribution < 1.29 is 28.2 Å². The van der Waals surface area contributed by atoms with Crippen LogP contribution in [0.5, 0.6) is 0 Å². The van der Waals surface area contributed by atoms with Gasteiger partial charge in [0.2, 0.25) is 0 Å². The van der Waals surface area contributed by atoms with E-state index in [1.165, 1.54) is 23.5 Å². The molecule has 10 nitrogen and oxygen atoms in total. The van der Waals surface area contributed by atoms with Gasteiger partial charge >= 0.3 is 11.9 Å². The Morgan fingerprint density at radius 3 is 2.83 bits per heavy atom. The number of thiazole rings is 1. The number of esters is 2. The van der Waals surface area contributed by atoms with E-state index < -0.39 is 29.8 Å². The fourth-order valence-electron chi connectivity index (χ4n) is 4.37. The second-order valence-corrected chi connectivity index (χ2v) is 11.5. The quantitative estimate of drug-likeness (QED) is 0.377. The van der Waals surface area contributed by atoms with Crippen LogP contribution in [0.25, 0.3) is 0 Å². The lowest BCUT2D eigenvalue weighted by molar-refractivity contribution is -0.150. The monoisotopic (exact) mass is 637 g/mol. The van der Waals surface area contributed by atoms with Crippen molar-refractivity contribution in [3.05, 3.63) is 61.9 Å². The molecule has 13 heteroatoms. The van der Waals surface area contributed by atoms with Crippen LogP contribution in [-0.2, 0) is 23.8 Å². The van der Waals surface area contributed by atoms with Crippen LogP contribution in [0.2, 0.25) is 0 Å². The Hall–Kier alpha value is -2.71. The fraction of sp³-hybridized carbons (Fsp3) is 0.481. The van der Waals surface area contributed by atoms with Crippen LogP contribution in [0, 0.1) is 11.7 Å². The lowest BCUT2D eigenvalue weighted by Gasteiger charge is -2.37. The molecule has 2 aliphatic rings. The van der Waals surface area contributed by atoms with Crippen molar-refractivity contribution in [2.24, 2.45) is 16.6 Å². The van der Waals surface area contributed by atoms with Crippen LogP contribution in [0.1, 0.15) is 37.4 Å². The molecular weight excluding hydrogens is 605 g/mol. The number of halogens is 2. The summed E-state index contributed by atoms with van der Waals surface area (Å²) in [4.78, 5) is 37.2. The summed E-state index contributed by atoms with van der Waals surface area (Å²) in [5.74, 6) is -0.993. The summed E-state index contributed by atoms with van der Waals surface area (Å²) in [6, 6.07) is 2.50. The van der Waals surface area contributed by atoms with Gasteiger partial charge in [0.15, 0.2) is 10.8 Å². The van der Waals surface area contributed by atoms with E-state index in [0.29, 0.717) is 51.9 Å². The normalized spacial score (nSPS) is 20.6. The number of nitrogens with one attached hydrogen (secondary N) is 1. The summed E-state index contributed by atoms with van der Waals surface area (Å²) >= 11 is 4.85. The number of rotatable bonds is 10. The Labute approximate surface area is 244 Å². The number of nitrogens with zero attached hydrogens (tertiary/aromatic N) is 3. The fourth-order valence-corrected chi connectivity index (χ4v) is 5.52. The van der Waals surface area contributed by atoms with Gasteiger partial charge in [0.25, 0.3) is 0 Å². The molecule has 0 amide bonds. The lowest BCUT2D eigenvalue weighted by atomic mass is 9.95. The zero-order chi connectivity index (χ0) is 28.8. The van der Waals surface area contributed by atoms with Crippen LogP contribution in [0.3, 0.4) is 0 Å². The Balaban J connectivity index is 1.70. The third-order valence-corrected chi connectivity index (χ3v) is 8.10. The molecule has 3 heterocycles. The van der Waals surface area contributed by atoms with Crippen LogP contribution in [-0.4, -0.2) is 79.3 Å². The van der Waals surface area contributed by atoms with Crippen molar-refractivity contribution in [2.45, 2.75) is 38.9 Å². The highest BCUT2D eigenvalue weighted by Crippen LogP contribution is 2.37. The Morgan fingerprint density at radius 1 is 1.35 bits per heavy atom. The number of benzene rings is 1. The van der Waals surface area contributed by atoms with Gasteiger partial charge in [-0.25, -0.2) is 14.2 Å². The summed E-state index contributed by atoms with van der Waals surface area (Å²) in [5.41, 5.74) is 7.43. The third kappa shape index (κ3) is 7.13. The van der Waals surface area contributed by atoms with Crippen molar-refractivity contribution in [3.63, 3.8) is 0 Å². The van der Waals surface area contributed by atoms with Crippen LogP contribution in [0.4, 0.5) is 4.39 Å². The van der Waals surface area contributed by atoms with Crippen molar-refractivity contribution in [1.29, 1.82) is 0 Å². The first-order chi connectivity index (χ1) is 19.2. The minimum absolute atomic E-state index is 0.0544. The number of carbonyl (C=O) groups is 2. The van der Waals surface area contributed by atoms with E-state index in [1.54, 1.807) is 19.2 Å². The van der Waals surface area contributed by atoms with E-state index in [4.69, 9.17) is 24.9 Å². The van der Waals surface area contributed by atoms with Gasteiger partial charge in [0, 0.05) is 34.8 Å². The van der Waals surface area contributed by atoms with Crippen molar-refractivity contribution in [3.8, 4) is 0 Å². The average Bonchev–Trinajstić information content (AvgIpc) is 3.47. The molecule has 2 aromatic rings. The first-order valence-corrected chi connectivity index (χ1v) is 14.7. The summed E-state index contributed by atoms with van der Waals surface area (Å²) in [6.07, 6.45) is 1.67. The molecule has 1 aromatic heterocycles. The molecule has 40 heavy (non-hydrogen) atoms. The van der Waals surface area contributed by atoms with E-state index in [1.807, 2.05) is 19.2 Å². The van der Waals surface area contributed by atoms with Gasteiger partial charge in [0.1, 0.15) is 24.5 Å². The van der Waals surface area contributed by atoms with Crippen LogP contribution in [0.15, 0.2) is 50.5 Å². The molecular formula is C27H33BrFN5O5S. The number of amidine groups is 1. The molecule has 0 bridgehead atoms. The maximum Gasteiger partial charge on any atom is 0.338 e. The molecule has 1 fully saturated rings. The minimum Gasteiger partial charge on any atom is -0.463 e. The molecule has 0 spiro atoms. The SMILES string of the molecule is CCOC(=O)C1=C(CN2CCOCC2COC(=O)C(N)C(C)C)NC(c2nccs2)=NC1c1ccc(F)cc1Br. The maximum atomic E-state index is 14.0. The summed E-state index contributed by atoms with van der Waals surface area (Å²) in [7, 11) is 0. The number of aliphatic imine (C=N–C) groups is 1. The zero-order valence-electron chi connectivity index (χ0n) is 22.6. The molecule has 0 radical (unpaired) electrons. The number of carbonyl (C=O) groups excluding carboxylic acids is 2. The number of ether oxygens (including phenoxy) is 3. The van der Waals surface area contributed by atoms with Gasteiger partial charge in [-0.2, -0.15) is 0 Å². The summed E-state index contributed by atoms with van der Waals surface area (Å²) in [5, 5.41) is 5.79. The van der Waals surface area contributed by atoms with Gasteiger partial charge in [-0.3, -0.25) is 14.7 Å². The van der Waals surface area contributed by atoms with Crippen LogP contribution < -0.4 is 11.1 Å². The van der Waals surface area contributed by atoms with E-state index >= 15 is 0 Å². The predicted molar refractivity (Wildman–Crippen MR) is 152 cm³/mol. The van der Waals surface area contributed by atoms with Crippen molar-refractivity contribution in [2.75, 3.05) is 39.5 Å². The lowest BCUT2D eigenvalue weighted by Crippen LogP contribution is -2.51. The Morgan fingerprint density at radius 2 is 2.15 bits per heavy atom. The largest absolute Gasteiger partial charge is 0.463 e. The highest BCUT2D eigenvalue weighted by atomic mass is 79.9.